The van der Waals surface area contributed by atoms with Crippen molar-refractivity contribution in [1.82, 2.24) is 19.2 Å². The van der Waals surface area contributed by atoms with Gasteiger partial charge in [0.25, 0.3) is 5.91 Å². The van der Waals surface area contributed by atoms with Crippen LogP contribution in [0.5, 0.6) is 0 Å². The third-order valence-electron chi connectivity index (χ3n) is 5.78. The van der Waals surface area contributed by atoms with Gasteiger partial charge in [0.05, 0.1) is 35.1 Å². The Hall–Kier alpha value is -3.38. The molecular weight excluding hydrogens is 415 g/mol. The van der Waals surface area contributed by atoms with E-state index >= 15 is 0 Å². The average Bonchev–Trinajstić information content (AvgIpc) is 3.45. The van der Waals surface area contributed by atoms with Gasteiger partial charge >= 0.3 is 0 Å². The second-order valence-electron chi connectivity index (χ2n) is 7.78. The molecule has 0 bridgehead atoms. The Bertz CT molecular complexity index is 1290. The van der Waals surface area contributed by atoms with Gasteiger partial charge in [-0.1, -0.05) is 23.7 Å². The zero-order chi connectivity index (χ0) is 21.7. The molecule has 4 aromatic rings. The molecule has 1 aliphatic rings. The highest BCUT2D eigenvalue weighted by Crippen LogP contribution is 2.33. The van der Waals surface area contributed by atoms with E-state index in [9.17, 15) is 9.18 Å². The zero-order valence-corrected chi connectivity index (χ0v) is 17.9. The normalized spacial score (nSPS) is 13.0. The quantitative estimate of drug-likeness (QED) is 0.443. The summed E-state index contributed by atoms with van der Waals surface area (Å²) in [5, 5.41) is 4.95. The second kappa shape index (κ2) is 7.39. The van der Waals surface area contributed by atoms with Gasteiger partial charge < -0.3 is 9.47 Å². The van der Waals surface area contributed by atoms with Gasteiger partial charge in [-0.3, -0.25) is 4.79 Å². The minimum Gasteiger partial charge on any atom is -0.328 e. The van der Waals surface area contributed by atoms with Crippen molar-refractivity contribution in [2.24, 2.45) is 0 Å². The van der Waals surface area contributed by atoms with Crippen molar-refractivity contribution >= 4 is 17.5 Å². The van der Waals surface area contributed by atoms with Crippen LogP contribution < -0.4 is 0 Å². The third-order valence-corrected chi connectivity index (χ3v) is 6.09. The van der Waals surface area contributed by atoms with E-state index in [1.54, 1.807) is 4.90 Å². The van der Waals surface area contributed by atoms with Crippen LogP contribution in [-0.4, -0.2) is 25.2 Å². The Kier molecular flexibility index (Phi) is 4.67. The number of aryl methyl sites for hydroxylation is 2. The SMILES string of the molecule is Cc1ccc(-n2nc3c(c2-n2cccc2)CN(C(=O)c2c(F)cccc2Cl)C3)cc1C. The lowest BCUT2D eigenvalue weighted by Gasteiger charge is -2.18. The Morgan fingerprint density at radius 3 is 2.52 bits per heavy atom. The molecule has 1 aliphatic heterocycles. The van der Waals surface area contributed by atoms with Gasteiger partial charge in [0.15, 0.2) is 0 Å². The summed E-state index contributed by atoms with van der Waals surface area (Å²) in [7, 11) is 0. The van der Waals surface area contributed by atoms with Gasteiger partial charge in [-0.2, -0.15) is 5.10 Å². The van der Waals surface area contributed by atoms with Crippen molar-refractivity contribution in [3.05, 3.63) is 99.7 Å². The number of amides is 1. The summed E-state index contributed by atoms with van der Waals surface area (Å²) in [6.45, 7) is 4.78. The van der Waals surface area contributed by atoms with E-state index in [0.717, 1.165) is 22.8 Å². The van der Waals surface area contributed by atoms with E-state index in [1.165, 1.54) is 29.3 Å². The molecule has 0 atom stereocenters. The number of carbonyl (C=O) groups excluding carboxylic acids is 1. The summed E-state index contributed by atoms with van der Waals surface area (Å²) >= 11 is 6.12. The molecule has 7 heteroatoms. The molecule has 5 nitrogen and oxygen atoms in total. The van der Waals surface area contributed by atoms with Crippen LogP contribution in [0.3, 0.4) is 0 Å². The first-order chi connectivity index (χ1) is 14.9. The van der Waals surface area contributed by atoms with Crippen LogP contribution in [0, 0.1) is 19.7 Å². The number of benzene rings is 2. The van der Waals surface area contributed by atoms with Crippen LogP contribution in [-0.2, 0) is 13.1 Å². The molecule has 2 aromatic carbocycles. The summed E-state index contributed by atoms with van der Waals surface area (Å²) in [5.41, 5.74) is 4.98. The first-order valence-electron chi connectivity index (χ1n) is 9.99. The standard InChI is InChI=1S/C24H20ClFN4O/c1-15-8-9-17(12-16(15)2)30-23(28-10-3-4-11-28)18-13-29(14-21(18)27-30)24(31)22-19(25)6-5-7-20(22)26/h3-12H,13-14H2,1-2H3. The molecular formula is C24H20ClFN4O. The fourth-order valence-electron chi connectivity index (χ4n) is 3.98. The molecule has 156 valence electrons. The van der Waals surface area contributed by atoms with Gasteiger partial charge in [0.1, 0.15) is 11.6 Å². The number of halogens is 2. The van der Waals surface area contributed by atoms with E-state index in [1.807, 2.05) is 39.8 Å². The number of hydrogen-bond donors (Lipinski definition) is 0. The molecule has 0 fully saturated rings. The smallest absolute Gasteiger partial charge is 0.259 e. The van der Waals surface area contributed by atoms with Crippen LogP contribution in [0.25, 0.3) is 11.5 Å². The Balaban J connectivity index is 1.57. The molecule has 0 unspecified atom stereocenters. The molecule has 0 saturated carbocycles. The fraction of sp³-hybridized carbons (Fsp3) is 0.167. The Morgan fingerprint density at radius 1 is 1.03 bits per heavy atom. The van der Waals surface area contributed by atoms with Gasteiger partial charge in [-0.15, -0.1) is 0 Å². The lowest BCUT2D eigenvalue weighted by Crippen LogP contribution is -2.27. The maximum absolute atomic E-state index is 14.3. The predicted octanol–water partition coefficient (Wildman–Crippen LogP) is 5.23. The maximum atomic E-state index is 14.3. The Morgan fingerprint density at radius 2 is 1.81 bits per heavy atom. The number of rotatable bonds is 3. The average molecular weight is 435 g/mol. The van der Waals surface area contributed by atoms with E-state index < -0.39 is 11.7 Å². The van der Waals surface area contributed by atoms with Crippen molar-refractivity contribution in [3.8, 4) is 11.5 Å². The minimum absolute atomic E-state index is 0.0983. The van der Waals surface area contributed by atoms with Crippen LogP contribution >= 0.6 is 11.6 Å². The maximum Gasteiger partial charge on any atom is 0.259 e. The Labute approximate surface area is 184 Å². The molecule has 31 heavy (non-hydrogen) atoms. The molecule has 0 N–H and O–H groups in total. The van der Waals surface area contributed by atoms with Crippen molar-refractivity contribution in [2.75, 3.05) is 0 Å². The number of hydrogen-bond acceptors (Lipinski definition) is 2. The number of aromatic nitrogens is 3. The van der Waals surface area contributed by atoms with Crippen LogP contribution in [0.4, 0.5) is 4.39 Å². The van der Waals surface area contributed by atoms with E-state index in [-0.39, 0.29) is 10.6 Å². The van der Waals surface area contributed by atoms with Crippen LogP contribution in [0.15, 0.2) is 60.9 Å². The predicted molar refractivity (Wildman–Crippen MR) is 117 cm³/mol. The van der Waals surface area contributed by atoms with Gasteiger partial charge in [-0.25, -0.2) is 9.07 Å². The molecule has 0 spiro atoms. The summed E-state index contributed by atoms with van der Waals surface area (Å²) < 4.78 is 18.2. The number of nitrogens with zero attached hydrogens (tertiary/aromatic N) is 4. The van der Waals surface area contributed by atoms with E-state index in [4.69, 9.17) is 16.7 Å². The molecule has 0 aliphatic carbocycles. The van der Waals surface area contributed by atoms with Crippen molar-refractivity contribution in [2.45, 2.75) is 26.9 Å². The van der Waals surface area contributed by atoms with Gasteiger partial charge in [-0.05, 0) is 61.4 Å². The topological polar surface area (TPSA) is 43.1 Å². The summed E-state index contributed by atoms with van der Waals surface area (Å²) in [6.07, 6.45) is 3.90. The highest BCUT2D eigenvalue weighted by atomic mass is 35.5. The van der Waals surface area contributed by atoms with Crippen LogP contribution in [0.1, 0.15) is 32.7 Å². The third kappa shape index (κ3) is 3.24. The lowest BCUT2D eigenvalue weighted by molar-refractivity contribution is 0.0744. The molecule has 2 aromatic heterocycles. The van der Waals surface area contributed by atoms with Gasteiger partial charge in [0.2, 0.25) is 0 Å². The number of carbonyl (C=O) groups is 1. The number of fused-ring (bicyclic) bond motifs is 1. The monoisotopic (exact) mass is 434 g/mol. The molecule has 1 amide bonds. The first kappa shape index (κ1) is 19.6. The highest BCUT2D eigenvalue weighted by Gasteiger charge is 2.33. The van der Waals surface area contributed by atoms with E-state index in [0.29, 0.717) is 13.1 Å². The highest BCUT2D eigenvalue weighted by molar-refractivity contribution is 6.33. The van der Waals surface area contributed by atoms with Crippen molar-refractivity contribution in [1.29, 1.82) is 0 Å². The minimum atomic E-state index is -0.618. The van der Waals surface area contributed by atoms with Gasteiger partial charge in [0, 0.05) is 18.0 Å². The summed E-state index contributed by atoms with van der Waals surface area (Å²) in [4.78, 5) is 14.6. The summed E-state index contributed by atoms with van der Waals surface area (Å²) in [5.74, 6) is -0.177. The van der Waals surface area contributed by atoms with Crippen LogP contribution in [0.2, 0.25) is 5.02 Å². The molecule has 0 radical (unpaired) electrons. The zero-order valence-electron chi connectivity index (χ0n) is 17.1. The molecule has 5 rings (SSSR count). The molecule has 0 saturated heterocycles. The summed E-state index contributed by atoms with van der Waals surface area (Å²) in [6, 6.07) is 14.4. The van der Waals surface area contributed by atoms with Crippen molar-refractivity contribution < 1.29 is 9.18 Å². The first-order valence-corrected chi connectivity index (χ1v) is 10.4. The second-order valence-corrected chi connectivity index (χ2v) is 8.18. The van der Waals surface area contributed by atoms with E-state index in [2.05, 4.69) is 26.0 Å². The fourth-order valence-corrected chi connectivity index (χ4v) is 4.23. The molecule has 3 heterocycles. The lowest BCUT2D eigenvalue weighted by atomic mass is 10.1. The van der Waals surface area contributed by atoms with Crippen molar-refractivity contribution in [3.63, 3.8) is 0 Å². The largest absolute Gasteiger partial charge is 0.328 e.